The van der Waals surface area contributed by atoms with Crippen molar-refractivity contribution in [3.63, 3.8) is 0 Å². The number of carbonyl (C=O) groups excluding carboxylic acids is 4. The maximum atomic E-state index is 15.1. The van der Waals surface area contributed by atoms with Gasteiger partial charge in [-0.25, -0.2) is 14.4 Å². The summed E-state index contributed by atoms with van der Waals surface area (Å²) in [7, 11) is 2.12. The molecule has 5 aliphatic rings. The monoisotopic (exact) mass is 782 g/mol. The Morgan fingerprint density at radius 2 is 1.73 bits per heavy atom. The third kappa shape index (κ3) is 6.16. The van der Waals surface area contributed by atoms with Gasteiger partial charge in [0.2, 0.25) is 5.78 Å². The minimum atomic E-state index is -5.17. The van der Waals surface area contributed by atoms with Crippen LogP contribution in [0.4, 0.5) is 13.2 Å². The van der Waals surface area contributed by atoms with Crippen LogP contribution < -0.4 is 0 Å². The quantitative estimate of drug-likeness (QED) is 0.125. The zero-order chi connectivity index (χ0) is 40.8. The number of alkyl halides is 3. The van der Waals surface area contributed by atoms with Crippen LogP contribution in [0.5, 0.6) is 0 Å². The highest BCUT2D eigenvalue weighted by Crippen LogP contribution is 2.61. The number of aliphatic hydroxyl groups excluding tert-OH is 1. The van der Waals surface area contributed by atoms with Crippen molar-refractivity contribution in [1.29, 1.82) is 0 Å². The topological polar surface area (TPSA) is 125 Å². The number of fused-ring (bicyclic) bond motifs is 4. The number of hydrogen-bond acceptors (Lipinski definition) is 9. The molecule has 12 heteroatoms. The van der Waals surface area contributed by atoms with E-state index in [1.165, 1.54) is 37.4 Å². The summed E-state index contributed by atoms with van der Waals surface area (Å²) in [5.74, 6) is -6.59. The number of hydrogen-bond donors (Lipinski definition) is 1. The van der Waals surface area contributed by atoms with Crippen molar-refractivity contribution in [2.75, 3.05) is 14.2 Å². The van der Waals surface area contributed by atoms with Gasteiger partial charge in [0.05, 0.1) is 12.5 Å². The Kier molecular flexibility index (Phi) is 11.3. The second-order valence-corrected chi connectivity index (χ2v) is 16.4. The number of esters is 3. The van der Waals surface area contributed by atoms with Gasteiger partial charge >= 0.3 is 24.1 Å². The summed E-state index contributed by atoms with van der Waals surface area (Å²) < 4.78 is 67.3. The molecular formula is C44H53F3O9. The number of ether oxygens (including phenoxy) is 4. The number of methoxy groups -OCH3 is 2. The van der Waals surface area contributed by atoms with Gasteiger partial charge in [-0.2, -0.15) is 13.2 Å². The lowest BCUT2D eigenvalue weighted by Crippen LogP contribution is -2.56. The standard InChI is InChI=1S/C44H53F3O9/c1-7-27-24-42-36(49)33(38(51)56-42)35(48)41(8-2)28(16-12-9-10-15-23-40(42,4)25-31(27)37(50)53-5)20-21-30-32(41)22-19-26(3)34(30)55-39(52)43(54-6,44(45,46)47)29-17-13-11-14-18-29/h11,13-15,17-18,20-21,23,25-28,30,32,34,48H,7-10,12,16,19,22,24H2,1-6H3/b23-15+,35-33+/t26-,27-,28+,30?,32?,34-,40-,41+,42+,43-/m0/s1. The van der Waals surface area contributed by atoms with Crippen LogP contribution in [0.2, 0.25) is 0 Å². The first kappa shape index (κ1) is 41.4. The maximum absolute atomic E-state index is 15.1. The molecule has 2 unspecified atom stereocenters. The molecule has 1 aromatic rings. The molecule has 1 saturated carbocycles. The maximum Gasteiger partial charge on any atom is 0.432 e. The highest BCUT2D eigenvalue weighted by molar-refractivity contribution is 6.26. The average Bonchev–Trinajstić information content (AvgIpc) is 3.43. The van der Waals surface area contributed by atoms with Crippen molar-refractivity contribution in [2.45, 2.75) is 109 Å². The van der Waals surface area contributed by atoms with Gasteiger partial charge in [0, 0.05) is 36.0 Å². The highest BCUT2D eigenvalue weighted by atomic mass is 19.4. The van der Waals surface area contributed by atoms with E-state index in [1.807, 2.05) is 45.1 Å². The van der Waals surface area contributed by atoms with E-state index in [4.69, 9.17) is 18.9 Å². The summed E-state index contributed by atoms with van der Waals surface area (Å²) in [4.78, 5) is 56.3. The molecule has 6 rings (SSSR count). The number of allylic oxidation sites excluding steroid dienone is 3. The second-order valence-electron chi connectivity index (χ2n) is 16.4. The summed E-state index contributed by atoms with van der Waals surface area (Å²) in [6, 6.07) is 6.66. The number of carbonyl (C=O) groups is 4. The van der Waals surface area contributed by atoms with Gasteiger partial charge in [0.25, 0.3) is 5.60 Å². The normalized spacial score (nSPS) is 37.5. The molecule has 1 saturated heterocycles. The van der Waals surface area contributed by atoms with Gasteiger partial charge in [-0.05, 0) is 75.5 Å². The van der Waals surface area contributed by atoms with Crippen LogP contribution in [0.3, 0.4) is 0 Å². The van der Waals surface area contributed by atoms with Crippen molar-refractivity contribution in [3.8, 4) is 0 Å². The van der Waals surface area contributed by atoms with Crippen molar-refractivity contribution in [3.05, 3.63) is 83.2 Å². The molecule has 0 amide bonds. The van der Waals surface area contributed by atoms with Gasteiger partial charge in [0.15, 0.2) is 5.60 Å². The number of halogens is 3. The summed E-state index contributed by atoms with van der Waals surface area (Å²) in [5.41, 5.74) is -8.12. The van der Waals surface area contributed by atoms with E-state index in [1.54, 1.807) is 13.0 Å². The highest BCUT2D eigenvalue weighted by Gasteiger charge is 2.68. The molecule has 9 nitrogen and oxygen atoms in total. The first-order valence-electron chi connectivity index (χ1n) is 19.8. The summed E-state index contributed by atoms with van der Waals surface area (Å²) in [6.45, 7) is 7.31. The van der Waals surface area contributed by atoms with Crippen LogP contribution in [0.15, 0.2) is 77.6 Å². The summed E-state index contributed by atoms with van der Waals surface area (Å²) in [5, 5.41) is 12.7. The number of ketones is 1. The van der Waals surface area contributed by atoms with Gasteiger partial charge in [-0.1, -0.05) is 87.9 Å². The molecule has 1 aliphatic heterocycles. The lowest BCUT2D eigenvalue weighted by Gasteiger charge is -2.55. The van der Waals surface area contributed by atoms with Crippen LogP contribution in [0.1, 0.15) is 91.0 Å². The summed E-state index contributed by atoms with van der Waals surface area (Å²) >= 11 is 0. The second kappa shape index (κ2) is 15.3. The smallest absolute Gasteiger partial charge is 0.432 e. The largest absolute Gasteiger partial charge is 0.511 e. The van der Waals surface area contributed by atoms with Gasteiger partial charge in [0.1, 0.15) is 17.4 Å². The number of benzene rings is 1. The lowest BCUT2D eigenvalue weighted by molar-refractivity contribution is -0.280. The van der Waals surface area contributed by atoms with Crippen LogP contribution in [0, 0.1) is 40.4 Å². The molecule has 10 atom stereocenters. The predicted molar refractivity (Wildman–Crippen MR) is 199 cm³/mol. The molecule has 0 aromatic heterocycles. The third-order valence-corrected chi connectivity index (χ3v) is 13.8. The SMILES string of the molecule is CC[C@H]1C[C@]23OC(=O)/C(=C(/O)[C@@]4(CC)C5CC[C@H](C)[C@H](OC(=O)[C@@](OC)(c6ccccc6)C(F)(F)F)C5C=C[C@H]4CCCC/C=C/[C@@]2(C)C=C1C(=O)OC)C3=O. The van der Waals surface area contributed by atoms with E-state index < -0.39 is 92.7 Å². The van der Waals surface area contributed by atoms with Crippen LogP contribution >= 0.6 is 0 Å². The zero-order valence-corrected chi connectivity index (χ0v) is 32.9. The van der Waals surface area contributed by atoms with E-state index in [0.29, 0.717) is 37.7 Å². The van der Waals surface area contributed by atoms with Crippen molar-refractivity contribution >= 4 is 23.7 Å². The van der Waals surface area contributed by atoms with Crippen LogP contribution in [-0.2, 0) is 43.7 Å². The van der Waals surface area contributed by atoms with E-state index in [2.05, 4.69) is 0 Å². The van der Waals surface area contributed by atoms with Crippen molar-refractivity contribution < 1.29 is 56.4 Å². The first-order chi connectivity index (χ1) is 26.5. The molecule has 304 valence electrons. The van der Waals surface area contributed by atoms with Gasteiger partial charge in [-0.15, -0.1) is 0 Å². The Morgan fingerprint density at radius 3 is 2.36 bits per heavy atom. The number of rotatable bonds is 7. The van der Waals surface area contributed by atoms with E-state index in [-0.39, 0.29) is 24.7 Å². The van der Waals surface area contributed by atoms with E-state index in [0.717, 1.165) is 20.0 Å². The van der Waals surface area contributed by atoms with Crippen molar-refractivity contribution in [1.82, 2.24) is 0 Å². The van der Waals surface area contributed by atoms with Gasteiger partial charge < -0.3 is 24.1 Å². The predicted octanol–water partition coefficient (Wildman–Crippen LogP) is 8.59. The molecule has 1 heterocycles. The number of aliphatic hydroxyl groups is 1. The third-order valence-electron chi connectivity index (χ3n) is 13.8. The molecule has 0 radical (unpaired) electrons. The minimum absolute atomic E-state index is 0.00144. The molecule has 2 bridgehead atoms. The molecule has 2 fully saturated rings. The molecular weight excluding hydrogens is 729 g/mol. The molecule has 4 aliphatic carbocycles. The zero-order valence-electron chi connectivity index (χ0n) is 32.9. The minimum Gasteiger partial charge on any atom is -0.511 e. The Hall–Kier alpha value is -4.19. The fourth-order valence-electron chi connectivity index (χ4n) is 10.7. The molecule has 1 spiro atoms. The Labute approximate surface area is 326 Å². The average molecular weight is 783 g/mol. The van der Waals surface area contributed by atoms with E-state index in [9.17, 15) is 32.7 Å². The Balaban J connectivity index is 1.48. The van der Waals surface area contributed by atoms with E-state index >= 15 is 4.79 Å². The summed E-state index contributed by atoms with van der Waals surface area (Å²) in [6.07, 6.45) is 7.38. The van der Waals surface area contributed by atoms with Crippen LogP contribution in [-0.4, -0.2) is 60.9 Å². The lowest BCUT2D eigenvalue weighted by atomic mass is 9.50. The van der Waals surface area contributed by atoms with Crippen LogP contribution in [0.25, 0.3) is 0 Å². The molecule has 1 N–H and O–H groups in total. The first-order valence-corrected chi connectivity index (χ1v) is 19.8. The van der Waals surface area contributed by atoms with Crippen molar-refractivity contribution in [2.24, 2.45) is 40.4 Å². The fraction of sp³-hybridized carbons (Fsp3) is 0.591. The number of Topliss-reactive ketones (excluding diaryl/α,β-unsaturated/α-hetero) is 1. The Morgan fingerprint density at radius 1 is 1.02 bits per heavy atom. The fourth-order valence-corrected chi connectivity index (χ4v) is 10.7. The Bertz CT molecular complexity index is 1850. The van der Waals surface area contributed by atoms with Gasteiger partial charge in [-0.3, -0.25) is 4.79 Å². The molecule has 56 heavy (non-hydrogen) atoms. The molecule has 1 aromatic carbocycles.